The summed E-state index contributed by atoms with van der Waals surface area (Å²) in [6.45, 7) is 3.63. The molecule has 0 saturated carbocycles. The maximum Gasteiger partial charge on any atom is 0.119 e. The zero-order valence-electron chi connectivity index (χ0n) is 7.29. The minimum absolute atomic E-state index is 0.907. The standard InChI is InChI=1S/C11H13O/c1-3-4-6-10-7-5-8-11(9-10)12-2/h3-5,7-9H,1,6H2,2H3. The Bertz CT molecular complexity index is 263. The van der Waals surface area contributed by atoms with Crippen LogP contribution in [0.2, 0.25) is 0 Å². The van der Waals surface area contributed by atoms with Crippen LogP contribution in [-0.4, -0.2) is 7.11 Å². The molecule has 0 atom stereocenters. The van der Waals surface area contributed by atoms with E-state index in [-0.39, 0.29) is 0 Å². The molecular formula is C11H13O. The lowest BCUT2D eigenvalue weighted by molar-refractivity contribution is 0.414. The molecule has 0 fully saturated rings. The third-order valence-corrected chi connectivity index (χ3v) is 1.65. The summed E-state index contributed by atoms with van der Waals surface area (Å²) in [6.07, 6.45) is 4.74. The van der Waals surface area contributed by atoms with E-state index in [4.69, 9.17) is 4.74 Å². The molecule has 1 aromatic carbocycles. The number of hydrogen-bond acceptors (Lipinski definition) is 1. The Kier molecular flexibility index (Phi) is 3.39. The van der Waals surface area contributed by atoms with Crippen molar-refractivity contribution in [3.05, 3.63) is 48.9 Å². The quantitative estimate of drug-likeness (QED) is 0.662. The summed E-state index contributed by atoms with van der Waals surface area (Å²) >= 11 is 0. The second-order valence-corrected chi connectivity index (χ2v) is 2.53. The number of methoxy groups -OCH3 is 1. The molecule has 1 nitrogen and oxygen atoms in total. The van der Waals surface area contributed by atoms with E-state index < -0.39 is 0 Å². The molecule has 1 radical (unpaired) electrons. The molecular weight excluding hydrogens is 148 g/mol. The van der Waals surface area contributed by atoms with Crippen LogP contribution in [0.4, 0.5) is 0 Å². The Morgan fingerprint density at radius 1 is 1.50 bits per heavy atom. The molecule has 1 heteroatoms. The fourth-order valence-corrected chi connectivity index (χ4v) is 1.02. The monoisotopic (exact) mass is 161 g/mol. The van der Waals surface area contributed by atoms with Crippen LogP contribution in [0.15, 0.2) is 36.4 Å². The van der Waals surface area contributed by atoms with Gasteiger partial charge in [-0.15, -0.1) is 0 Å². The Hall–Kier alpha value is -1.24. The highest BCUT2D eigenvalue weighted by Crippen LogP contribution is 2.12. The minimum Gasteiger partial charge on any atom is -0.497 e. The smallest absolute Gasteiger partial charge is 0.119 e. The predicted octanol–water partition coefficient (Wildman–Crippen LogP) is 2.63. The van der Waals surface area contributed by atoms with Gasteiger partial charge < -0.3 is 4.74 Å². The molecule has 0 saturated heterocycles. The molecule has 0 bridgehead atoms. The summed E-state index contributed by atoms with van der Waals surface area (Å²) in [6, 6.07) is 8.03. The largest absolute Gasteiger partial charge is 0.497 e. The lowest BCUT2D eigenvalue weighted by Crippen LogP contribution is -1.85. The molecule has 0 unspecified atom stereocenters. The molecule has 0 aliphatic carbocycles. The van der Waals surface area contributed by atoms with E-state index in [9.17, 15) is 0 Å². The number of allylic oxidation sites excluding steroid dienone is 2. The molecule has 0 aliphatic heterocycles. The van der Waals surface area contributed by atoms with Crippen molar-refractivity contribution in [3.63, 3.8) is 0 Å². The molecule has 12 heavy (non-hydrogen) atoms. The summed E-state index contributed by atoms with van der Waals surface area (Å²) in [5.74, 6) is 0.907. The summed E-state index contributed by atoms with van der Waals surface area (Å²) in [4.78, 5) is 0. The SMILES string of the molecule is [CH2]C=CCc1cccc(OC)c1. The first kappa shape index (κ1) is 8.85. The van der Waals surface area contributed by atoms with Gasteiger partial charge in [0.1, 0.15) is 5.75 Å². The average Bonchev–Trinajstić information content (AvgIpc) is 2.15. The van der Waals surface area contributed by atoms with E-state index >= 15 is 0 Å². The van der Waals surface area contributed by atoms with Crippen LogP contribution >= 0.6 is 0 Å². The van der Waals surface area contributed by atoms with Gasteiger partial charge in [-0.2, -0.15) is 0 Å². The van der Waals surface area contributed by atoms with E-state index in [2.05, 4.69) is 13.0 Å². The third-order valence-electron chi connectivity index (χ3n) is 1.65. The van der Waals surface area contributed by atoms with Crippen molar-refractivity contribution in [2.75, 3.05) is 7.11 Å². The van der Waals surface area contributed by atoms with Gasteiger partial charge in [0.05, 0.1) is 7.11 Å². The second-order valence-electron chi connectivity index (χ2n) is 2.53. The van der Waals surface area contributed by atoms with Crippen molar-refractivity contribution in [1.29, 1.82) is 0 Å². The van der Waals surface area contributed by atoms with Gasteiger partial charge >= 0.3 is 0 Å². The van der Waals surface area contributed by atoms with Gasteiger partial charge in [-0.1, -0.05) is 24.3 Å². The van der Waals surface area contributed by atoms with E-state index in [1.807, 2.05) is 24.3 Å². The van der Waals surface area contributed by atoms with Gasteiger partial charge in [-0.25, -0.2) is 0 Å². The first-order valence-corrected chi connectivity index (χ1v) is 3.94. The number of ether oxygens (including phenoxy) is 1. The molecule has 63 valence electrons. The molecule has 0 aromatic heterocycles. The highest BCUT2D eigenvalue weighted by Gasteiger charge is 1.91. The predicted molar refractivity (Wildman–Crippen MR) is 51.2 cm³/mol. The highest BCUT2D eigenvalue weighted by atomic mass is 16.5. The Balaban J connectivity index is 2.72. The van der Waals surface area contributed by atoms with Crippen molar-refractivity contribution in [2.24, 2.45) is 0 Å². The van der Waals surface area contributed by atoms with Gasteiger partial charge in [0, 0.05) is 0 Å². The summed E-state index contributed by atoms with van der Waals surface area (Å²) < 4.78 is 5.10. The van der Waals surface area contributed by atoms with E-state index in [1.54, 1.807) is 13.2 Å². The topological polar surface area (TPSA) is 9.23 Å². The van der Waals surface area contributed by atoms with Gasteiger partial charge in [0.25, 0.3) is 0 Å². The highest BCUT2D eigenvalue weighted by molar-refractivity contribution is 5.29. The van der Waals surface area contributed by atoms with Crippen molar-refractivity contribution in [3.8, 4) is 5.75 Å². The lowest BCUT2D eigenvalue weighted by atomic mass is 10.1. The number of benzene rings is 1. The van der Waals surface area contributed by atoms with Crippen molar-refractivity contribution in [2.45, 2.75) is 6.42 Å². The second kappa shape index (κ2) is 4.60. The Labute approximate surface area is 73.7 Å². The zero-order valence-corrected chi connectivity index (χ0v) is 7.29. The summed E-state index contributed by atoms with van der Waals surface area (Å²) in [5, 5.41) is 0. The van der Waals surface area contributed by atoms with Crippen LogP contribution in [0, 0.1) is 6.92 Å². The fourth-order valence-electron chi connectivity index (χ4n) is 1.02. The first-order chi connectivity index (χ1) is 5.86. The van der Waals surface area contributed by atoms with Crippen molar-refractivity contribution < 1.29 is 4.74 Å². The zero-order chi connectivity index (χ0) is 8.81. The Morgan fingerprint density at radius 2 is 2.33 bits per heavy atom. The summed E-state index contributed by atoms with van der Waals surface area (Å²) in [5.41, 5.74) is 1.24. The molecule has 0 spiro atoms. The lowest BCUT2D eigenvalue weighted by Gasteiger charge is -2.00. The van der Waals surface area contributed by atoms with Crippen LogP contribution in [0.3, 0.4) is 0 Å². The van der Waals surface area contributed by atoms with Gasteiger partial charge in [-0.3, -0.25) is 0 Å². The molecule has 0 heterocycles. The van der Waals surface area contributed by atoms with Crippen LogP contribution < -0.4 is 4.74 Å². The van der Waals surface area contributed by atoms with Gasteiger partial charge in [0.2, 0.25) is 0 Å². The maximum absolute atomic E-state index is 5.10. The van der Waals surface area contributed by atoms with Crippen LogP contribution in [0.25, 0.3) is 0 Å². The van der Waals surface area contributed by atoms with Gasteiger partial charge in [-0.05, 0) is 31.0 Å². The van der Waals surface area contributed by atoms with Crippen molar-refractivity contribution in [1.82, 2.24) is 0 Å². The van der Waals surface area contributed by atoms with Crippen LogP contribution in [0.5, 0.6) is 5.75 Å². The number of hydrogen-bond donors (Lipinski definition) is 0. The van der Waals surface area contributed by atoms with Gasteiger partial charge in [0.15, 0.2) is 0 Å². The maximum atomic E-state index is 5.10. The normalized spacial score (nSPS) is 10.5. The third kappa shape index (κ3) is 2.42. The minimum atomic E-state index is 0.907. The Morgan fingerprint density at radius 3 is 3.00 bits per heavy atom. The van der Waals surface area contributed by atoms with Crippen molar-refractivity contribution >= 4 is 0 Å². The van der Waals surface area contributed by atoms with E-state index in [0.29, 0.717) is 0 Å². The van der Waals surface area contributed by atoms with E-state index in [0.717, 1.165) is 12.2 Å². The molecule has 0 N–H and O–H groups in total. The van der Waals surface area contributed by atoms with Crippen LogP contribution in [0.1, 0.15) is 5.56 Å². The fraction of sp³-hybridized carbons (Fsp3) is 0.182. The first-order valence-electron chi connectivity index (χ1n) is 3.94. The molecule has 0 aliphatic rings. The summed E-state index contributed by atoms with van der Waals surface area (Å²) in [7, 11) is 1.68. The molecule has 1 rings (SSSR count). The number of rotatable bonds is 3. The molecule has 1 aromatic rings. The van der Waals surface area contributed by atoms with Crippen LogP contribution in [-0.2, 0) is 6.42 Å². The van der Waals surface area contributed by atoms with E-state index in [1.165, 1.54) is 5.56 Å². The molecule has 0 amide bonds. The average molecular weight is 161 g/mol.